The summed E-state index contributed by atoms with van der Waals surface area (Å²) in [5, 5.41) is 0. The zero-order valence-electron chi connectivity index (χ0n) is 11.1. The van der Waals surface area contributed by atoms with E-state index in [-0.39, 0.29) is 17.3 Å². The van der Waals surface area contributed by atoms with Gasteiger partial charge in [-0.2, -0.15) is 13.2 Å². The Balaban J connectivity index is 2.17. The van der Waals surface area contributed by atoms with Crippen LogP contribution in [0.1, 0.15) is 48.5 Å². The number of Topliss-reactive ketones (excluding diaryl/α,β-unsaturated/α-hetero) is 1. The zero-order chi connectivity index (χ0) is 14.9. The maximum atomic E-state index is 13.5. The highest BCUT2D eigenvalue weighted by molar-refractivity contribution is 5.97. The lowest BCUT2D eigenvalue weighted by molar-refractivity contribution is -0.140. The van der Waals surface area contributed by atoms with Crippen molar-refractivity contribution in [3.8, 4) is 0 Å². The Morgan fingerprint density at radius 2 is 1.75 bits per heavy atom. The van der Waals surface area contributed by atoms with E-state index >= 15 is 0 Å². The third kappa shape index (κ3) is 3.19. The molecule has 20 heavy (non-hydrogen) atoms. The Hall–Kier alpha value is -1.39. The number of alkyl halides is 3. The van der Waals surface area contributed by atoms with Gasteiger partial charge < -0.3 is 0 Å². The van der Waals surface area contributed by atoms with E-state index in [4.69, 9.17) is 0 Å². The van der Waals surface area contributed by atoms with Crippen molar-refractivity contribution in [2.24, 2.45) is 11.8 Å². The van der Waals surface area contributed by atoms with E-state index in [1.54, 1.807) is 0 Å². The zero-order valence-corrected chi connectivity index (χ0v) is 11.1. The van der Waals surface area contributed by atoms with Crippen molar-refractivity contribution in [1.82, 2.24) is 0 Å². The molecule has 1 saturated carbocycles. The molecule has 1 aromatic carbocycles. The lowest BCUT2D eigenvalue weighted by Gasteiger charge is -2.25. The van der Waals surface area contributed by atoms with Crippen molar-refractivity contribution in [3.63, 3.8) is 0 Å². The number of ketones is 1. The summed E-state index contributed by atoms with van der Waals surface area (Å²) in [5.74, 6) is -1.25. The minimum absolute atomic E-state index is 0.0371. The van der Waals surface area contributed by atoms with Crippen LogP contribution in [0.2, 0.25) is 0 Å². The molecular weight excluding hydrogens is 272 g/mol. The minimum Gasteiger partial charge on any atom is -0.294 e. The Morgan fingerprint density at radius 3 is 2.25 bits per heavy atom. The Labute approximate surface area is 115 Å². The summed E-state index contributed by atoms with van der Waals surface area (Å²) in [6.45, 7) is 2.11. The maximum Gasteiger partial charge on any atom is 0.419 e. The number of carbonyl (C=O) groups is 1. The van der Waals surface area contributed by atoms with Gasteiger partial charge in [-0.15, -0.1) is 0 Å². The summed E-state index contributed by atoms with van der Waals surface area (Å²) in [6, 6.07) is 2.43. The van der Waals surface area contributed by atoms with Crippen LogP contribution in [0.4, 0.5) is 17.6 Å². The lowest BCUT2D eigenvalue weighted by Crippen LogP contribution is -2.21. The number of rotatable bonds is 2. The molecular formula is C15H16F4O. The first-order chi connectivity index (χ1) is 9.29. The molecule has 1 nitrogen and oxygen atoms in total. The van der Waals surface area contributed by atoms with Crippen molar-refractivity contribution in [3.05, 3.63) is 35.1 Å². The molecule has 1 fully saturated rings. The van der Waals surface area contributed by atoms with E-state index in [0.29, 0.717) is 18.1 Å². The number of carbonyl (C=O) groups excluding carboxylic acids is 1. The Bertz CT molecular complexity index is 499. The molecule has 0 radical (unpaired) electrons. The SMILES string of the molecule is CC1CCC(C(=O)c2ccc(C(F)(F)F)c(F)c2)CC1. The molecule has 1 aliphatic carbocycles. The van der Waals surface area contributed by atoms with E-state index in [0.717, 1.165) is 31.7 Å². The second-order valence-electron chi connectivity index (χ2n) is 5.51. The van der Waals surface area contributed by atoms with Crippen LogP contribution in [-0.4, -0.2) is 5.78 Å². The van der Waals surface area contributed by atoms with Gasteiger partial charge in [-0.25, -0.2) is 4.39 Å². The second-order valence-corrected chi connectivity index (χ2v) is 5.51. The lowest BCUT2D eigenvalue weighted by atomic mass is 9.79. The molecule has 0 spiro atoms. The van der Waals surface area contributed by atoms with Crippen LogP contribution in [0.15, 0.2) is 18.2 Å². The van der Waals surface area contributed by atoms with Crippen molar-refractivity contribution >= 4 is 5.78 Å². The van der Waals surface area contributed by atoms with Crippen LogP contribution in [0, 0.1) is 17.7 Å². The predicted molar refractivity (Wildman–Crippen MR) is 66.9 cm³/mol. The highest BCUT2D eigenvalue weighted by Gasteiger charge is 2.34. The average molecular weight is 288 g/mol. The first kappa shape index (κ1) is 15.0. The van der Waals surface area contributed by atoms with Crippen molar-refractivity contribution < 1.29 is 22.4 Å². The smallest absolute Gasteiger partial charge is 0.294 e. The van der Waals surface area contributed by atoms with Crippen molar-refractivity contribution in [2.75, 3.05) is 0 Å². The Morgan fingerprint density at radius 1 is 1.15 bits per heavy atom. The molecule has 1 aromatic rings. The summed E-state index contributed by atoms with van der Waals surface area (Å²) in [4.78, 5) is 12.2. The van der Waals surface area contributed by atoms with Gasteiger partial charge in [0, 0.05) is 11.5 Å². The molecule has 0 amide bonds. The third-order valence-corrected chi connectivity index (χ3v) is 3.95. The first-order valence-corrected chi connectivity index (χ1v) is 6.70. The fraction of sp³-hybridized carbons (Fsp3) is 0.533. The van der Waals surface area contributed by atoms with E-state index in [9.17, 15) is 22.4 Å². The molecule has 0 N–H and O–H groups in total. The van der Waals surface area contributed by atoms with Crippen molar-refractivity contribution in [2.45, 2.75) is 38.8 Å². The fourth-order valence-corrected chi connectivity index (χ4v) is 2.66. The van der Waals surface area contributed by atoms with Crippen LogP contribution < -0.4 is 0 Å². The maximum absolute atomic E-state index is 13.5. The summed E-state index contributed by atoms with van der Waals surface area (Å²) >= 11 is 0. The molecule has 0 aliphatic heterocycles. The van der Waals surface area contributed by atoms with Crippen LogP contribution in [0.3, 0.4) is 0 Å². The van der Waals surface area contributed by atoms with Gasteiger partial charge in [0.2, 0.25) is 0 Å². The van der Waals surface area contributed by atoms with Gasteiger partial charge in [-0.05, 0) is 30.9 Å². The standard InChI is InChI=1S/C15H16F4O/c1-9-2-4-10(5-3-9)14(20)11-6-7-12(13(16)8-11)15(17,18)19/h6-10H,2-5H2,1H3. The molecule has 0 aromatic heterocycles. The summed E-state index contributed by atoms with van der Waals surface area (Å²) in [6.07, 6.45) is -1.42. The molecule has 0 heterocycles. The van der Waals surface area contributed by atoms with E-state index in [2.05, 4.69) is 6.92 Å². The molecule has 0 unspecified atom stereocenters. The molecule has 0 atom stereocenters. The fourth-order valence-electron chi connectivity index (χ4n) is 2.66. The molecule has 0 saturated heterocycles. The highest BCUT2D eigenvalue weighted by Crippen LogP contribution is 2.34. The number of halogens is 4. The van der Waals surface area contributed by atoms with Gasteiger partial charge >= 0.3 is 6.18 Å². The van der Waals surface area contributed by atoms with E-state index in [1.165, 1.54) is 0 Å². The van der Waals surface area contributed by atoms with Crippen LogP contribution in [0.5, 0.6) is 0 Å². The van der Waals surface area contributed by atoms with Gasteiger partial charge in [0.05, 0.1) is 5.56 Å². The third-order valence-electron chi connectivity index (χ3n) is 3.95. The van der Waals surface area contributed by atoms with Gasteiger partial charge in [0.15, 0.2) is 5.78 Å². The average Bonchev–Trinajstić information content (AvgIpc) is 2.37. The number of hydrogen-bond acceptors (Lipinski definition) is 1. The normalized spacial score (nSPS) is 23.6. The molecule has 0 bridgehead atoms. The van der Waals surface area contributed by atoms with Crippen LogP contribution in [0.25, 0.3) is 0 Å². The monoisotopic (exact) mass is 288 g/mol. The van der Waals surface area contributed by atoms with Gasteiger partial charge in [-0.3, -0.25) is 4.79 Å². The second kappa shape index (κ2) is 5.54. The summed E-state index contributed by atoms with van der Waals surface area (Å²) in [5.41, 5.74) is -1.29. The van der Waals surface area contributed by atoms with E-state index in [1.807, 2.05) is 0 Å². The topological polar surface area (TPSA) is 17.1 Å². The van der Waals surface area contributed by atoms with Gasteiger partial charge in [0.25, 0.3) is 0 Å². The number of benzene rings is 1. The quantitative estimate of drug-likeness (QED) is 0.561. The summed E-state index contributed by atoms with van der Waals surface area (Å²) in [7, 11) is 0. The Kier molecular flexibility index (Phi) is 4.16. The van der Waals surface area contributed by atoms with Gasteiger partial charge in [-0.1, -0.05) is 25.8 Å². The molecule has 1 aliphatic rings. The predicted octanol–water partition coefficient (Wildman–Crippen LogP) is 4.85. The largest absolute Gasteiger partial charge is 0.419 e. The van der Waals surface area contributed by atoms with Crippen molar-refractivity contribution in [1.29, 1.82) is 0 Å². The van der Waals surface area contributed by atoms with Gasteiger partial charge in [0.1, 0.15) is 5.82 Å². The highest BCUT2D eigenvalue weighted by atomic mass is 19.4. The van der Waals surface area contributed by atoms with Crippen LogP contribution >= 0.6 is 0 Å². The molecule has 5 heteroatoms. The number of hydrogen-bond donors (Lipinski definition) is 0. The first-order valence-electron chi connectivity index (χ1n) is 6.70. The molecule has 2 rings (SSSR count). The minimum atomic E-state index is -4.73. The van der Waals surface area contributed by atoms with Crippen LogP contribution in [-0.2, 0) is 6.18 Å². The van der Waals surface area contributed by atoms with E-state index < -0.39 is 17.6 Å². The molecule has 110 valence electrons. The summed E-state index contributed by atoms with van der Waals surface area (Å²) < 4.78 is 50.8.